The monoisotopic (exact) mass is 1030 g/mol. The Bertz CT molecular complexity index is 1740. The Balaban J connectivity index is 4.25. The molecule has 0 aliphatic heterocycles. The molecule has 0 aliphatic carbocycles. The molecule has 0 fully saturated rings. The van der Waals surface area contributed by atoms with Gasteiger partial charge in [-0.3, -0.25) is 13.8 Å². The van der Waals surface area contributed by atoms with Crippen molar-refractivity contribution in [2.45, 2.75) is 199 Å². The third-order valence-corrected chi connectivity index (χ3v) is 12.4. The van der Waals surface area contributed by atoms with Crippen LogP contribution >= 0.6 is 7.82 Å². The number of hydrogen-bond donors (Lipinski definition) is 3. The fourth-order valence-corrected chi connectivity index (χ4v) is 7.78. The highest BCUT2D eigenvalue weighted by molar-refractivity contribution is 7.47. The summed E-state index contributed by atoms with van der Waals surface area (Å²) in [7, 11) is 1.51. The summed E-state index contributed by atoms with van der Waals surface area (Å²) in [5, 5.41) is 13.8. The summed E-state index contributed by atoms with van der Waals surface area (Å²) < 4.78 is 23.6. The number of carbonyl (C=O) groups excluding carboxylic acids is 1. The minimum Gasteiger partial charge on any atom is -0.387 e. The molecule has 0 spiro atoms. The van der Waals surface area contributed by atoms with Crippen LogP contribution in [0.3, 0.4) is 0 Å². The van der Waals surface area contributed by atoms with Gasteiger partial charge < -0.3 is 19.8 Å². The fourth-order valence-electron chi connectivity index (χ4n) is 7.04. The molecular formula is C64H106N2O6P+. The zero-order chi connectivity index (χ0) is 53.5. The van der Waals surface area contributed by atoms with Crippen molar-refractivity contribution in [3.05, 3.63) is 158 Å². The summed E-state index contributed by atoms with van der Waals surface area (Å²) in [6, 6.07) is -0.889. The summed E-state index contributed by atoms with van der Waals surface area (Å²) >= 11 is 0. The molecule has 0 radical (unpaired) electrons. The number of quaternary nitrogens is 1. The molecule has 0 rings (SSSR count). The molecule has 0 saturated heterocycles. The molecule has 0 aromatic heterocycles. The maximum atomic E-state index is 12.9. The van der Waals surface area contributed by atoms with Crippen molar-refractivity contribution in [2.75, 3.05) is 40.9 Å². The number of likely N-dealkylation sites (N-methyl/N-ethyl adjacent to an activating group) is 1. The van der Waals surface area contributed by atoms with E-state index in [4.69, 9.17) is 9.05 Å². The average Bonchev–Trinajstić information content (AvgIpc) is 3.35. The number of nitrogens with zero attached hydrogens (tertiary/aromatic N) is 1. The molecule has 0 aromatic carbocycles. The smallest absolute Gasteiger partial charge is 0.387 e. The van der Waals surface area contributed by atoms with Crippen LogP contribution in [0.25, 0.3) is 0 Å². The second kappa shape index (κ2) is 53.0. The number of unbranched alkanes of at least 4 members (excludes halogenated alkanes) is 12. The van der Waals surface area contributed by atoms with Crippen molar-refractivity contribution >= 4 is 13.7 Å². The molecule has 3 N–H and O–H groups in total. The molecule has 1 amide bonds. The summed E-state index contributed by atoms with van der Waals surface area (Å²) in [6.45, 7) is 4.60. The lowest BCUT2D eigenvalue weighted by atomic mass is 10.1. The van der Waals surface area contributed by atoms with E-state index in [1.807, 2.05) is 27.2 Å². The molecule has 0 saturated carbocycles. The molecular weight excluding hydrogens is 924 g/mol. The van der Waals surface area contributed by atoms with Gasteiger partial charge in [-0.2, -0.15) is 0 Å². The zero-order valence-electron chi connectivity index (χ0n) is 46.8. The second-order valence-electron chi connectivity index (χ2n) is 19.6. The van der Waals surface area contributed by atoms with E-state index in [1.165, 1.54) is 25.7 Å². The first-order valence-electron chi connectivity index (χ1n) is 28.4. The number of allylic oxidation sites excluding steroid dienone is 25. The number of hydrogen-bond acceptors (Lipinski definition) is 5. The lowest BCUT2D eigenvalue weighted by Crippen LogP contribution is -2.45. The second-order valence-corrected chi connectivity index (χ2v) is 21.0. The number of phosphoric ester groups is 1. The summed E-state index contributed by atoms with van der Waals surface area (Å²) in [4.78, 5) is 23.2. The normalized spacial score (nSPS) is 15.1. The number of phosphoric acid groups is 1. The third kappa shape index (κ3) is 55.7. The van der Waals surface area contributed by atoms with E-state index < -0.39 is 20.0 Å². The molecule has 9 heteroatoms. The maximum Gasteiger partial charge on any atom is 0.472 e. The van der Waals surface area contributed by atoms with Crippen LogP contribution in [0.5, 0.6) is 0 Å². The first-order valence-corrected chi connectivity index (χ1v) is 29.9. The van der Waals surface area contributed by atoms with Gasteiger partial charge in [0.1, 0.15) is 13.2 Å². The average molecular weight is 1030 g/mol. The molecule has 0 aliphatic rings. The summed E-state index contributed by atoms with van der Waals surface area (Å²) in [5.74, 6) is -0.214. The number of aliphatic hydroxyl groups is 1. The van der Waals surface area contributed by atoms with Gasteiger partial charge in [-0.15, -0.1) is 0 Å². The number of aliphatic hydroxyl groups excluding tert-OH is 1. The Morgan fingerprint density at radius 1 is 0.479 bits per heavy atom. The molecule has 8 nitrogen and oxygen atoms in total. The zero-order valence-corrected chi connectivity index (χ0v) is 47.7. The SMILES string of the molecule is CC/C=C\C/C=C\C/C=C\C/C=C\C/C=C\C/C=C\C/C=C\C/C=C\C/C=C\C/C=C\CCCCCCCCC(=O)NC(COP(=O)(O)OCC[N+](C)(C)C)C(O)/C=C/CC/C=C/CC/C=C/CCCCCC. The summed E-state index contributed by atoms with van der Waals surface area (Å²) in [5.41, 5.74) is 0. The van der Waals surface area contributed by atoms with Crippen molar-refractivity contribution < 1.29 is 32.9 Å². The van der Waals surface area contributed by atoms with E-state index in [0.717, 1.165) is 141 Å². The molecule has 3 atom stereocenters. The van der Waals surface area contributed by atoms with Crippen molar-refractivity contribution in [1.82, 2.24) is 5.32 Å². The van der Waals surface area contributed by atoms with Crippen LogP contribution in [0.1, 0.15) is 187 Å². The van der Waals surface area contributed by atoms with Gasteiger partial charge in [0.05, 0.1) is 39.9 Å². The predicted octanol–water partition coefficient (Wildman–Crippen LogP) is 17.5. The van der Waals surface area contributed by atoms with Crippen LogP contribution in [0.15, 0.2) is 158 Å². The molecule has 0 bridgehead atoms. The highest BCUT2D eigenvalue weighted by atomic mass is 31.2. The van der Waals surface area contributed by atoms with E-state index >= 15 is 0 Å². The first-order chi connectivity index (χ1) is 35.5. The first kappa shape index (κ1) is 69.1. The van der Waals surface area contributed by atoms with Crippen molar-refractivity contribution in [3.63, 3.8) is 0 Å². The van der Waals surface area contributed by atoms with Crippen LogP contribution in [0.2, 0.25) is 0 Å². The predicted molar refractivity (Wildman–Crippen MR) is 317 cm³/mol. The number of rotatable bonds is 49. The van der Waals surface area contributed by atoms with Crippen LogP contribution < -0.4 is 5.32 Å². The standard InChI is InChI=1S/C64H105N2O6P/c1-6-8-10-12-14-16-18-20-22-23-24-25-26-27-28-29-30-31-32-33-34-35-36-37-38-39-40-41-42-43-44-46-48-50-52-54-56-58-64(68)65-62(61-72-73(69,70)71-60-59-66(3,4)5)63(67)57-55-53-51-49-47-45-21-19-17-15-13-11-9-7-2/h8,10,14,16-17,19-20,22,24-25,27-28,30-31,33-34,36-37,39-40,42-43,47,49,55,57,62-63,67H,6-7,9,11-13,15,18,21,23,26,29,32,35,38,41,44-46,48,50-54,56,58-61H2,1-5H3,(H-,65,68,69,70)/p+1/b10-8-,16-14-,19-17+,22-20-,25-24-,28-27-,31-30-,34-33-,37-36-,40-39-,43-42-,49-47+,57-55+. The summed E-state index contributed by atoms with van der Waals surface area (Å²) in [6.07, 6.45) is 83.5. The molecule has 0 aromatic rings. The van der Waals surface area contributed by atoms with Crippen molar-refractivity contribution in [3.8, 4) is 0 Å². The van der Waals surface area contributed by atoms with Gasteiger partial charge in [0.15, 0.2) is 0 Å². The largest absolute Gasteiger partial charge is 0.472 e. The Labute approximate surface area is 448 Å². The minimum absolute atomic E-state index is 0.0414. The van der Waals surface area contributed by atoms with Crippen molar-refractivity contribution in [1.29, 1.82) is 0 Å². The van der Waals surface area contributed by atoms with Gasteiger partial charge in [-0.25, -0.2) is 4.57 Å². The topological polar surface area (TPSA) is 105 Å². The van der Waals surface area contributed by atoms with Gasteiger partial charge in [0.25, 0.3) is 0 Å². The van der Waals surface area contributed by atoms with E-state index in [0.29, 0.717) is 17.4 Å². The van der Waals surface area contributed by atoms with Crippen LogP contribution in [0, 0.1) is 0 Å². The van der Waals surface area contributed by atoms with Gasteiger partial charge in [-0.1, -0.05) is 217 Å². The van der Waals surface area contributed by atoms with Crippen molar-refractivity contribution in [2.24, 2.45) is 0 Å². The van der Waals surface area contributed by atoms with Crippen LogP contribution in [0.4, 0.5) is 0 Å². The highest BCUT2D eigenvalue weighted by Gasteiger charge is 2.27. The molecule has 0 heterocycles. The molecule has 73 heavy (non-hydrogen) atoms. The van der Waals surface area contributed by atoms with Gasteiger partial charge >= 0.3 is 7.82 Å². The number of amides is 1. The van der Waals surface area contributed by atoms with E-state index in [9.17, 15) is 19.4 Å². The fraction of sp³-hybridized carbons (Fsp3) is 0.578. The quantitative estimate of drug-likeness (QED) is 0.0243. The van der Waals surface area contributed by atoms with Crippen LogP contribution in [-0.2, 0) is 18.4 Å². The Hall–Kier alpha value is -3.88. The minimum atomic E-state index is -4.37. The van der Waals surface area contributed by atoms with Crippen LogP contribution in [-0.4, -0.2) is 73.4 Å². The van der Waals surface area contributed by atoms with E-state index in [1.54, 1.807) is 6.08 Å². The Morgan fingerprint density at radius 3 is 1.26 bits per heavy atom. The lowest BCUT2D eigenvalue weighted by Gasteiger charge is -2.25. The number of nitrogens with one attached hydrogen (secondary N) is 1. The molecule has 412 valence electrons. The van der Waals surface area contributed by atoms with E-state index in [-0.39, 0.29) is 19.1 Å². The third-order valence-electron chi connectivity index (χ3n) is 11.5. The lowest BCUT2D eigenvalue weighted by molar-refractivity contribution is -0.870. The Morgan fingerprint density at radius 2 is 0.836 bits per heavy atom. The van der Waals surface area contributed by atoms with Gasteiger partial charge in [0, 0.05) is 6.42 Å². The van der Waals surface area contributed by atoms with E-state index in [2.05, 4.69) is 165 Å². The number of carbonyl (C=O) groups is 1. The highest BCUT2D eigenvalue weighted by Crippen LogP contribution is 2.43. The maximum absolute atomic E-state index is 12.9. The van der Waals surface area contributed by atoms with Gasteiger partial charge in [-0.05, 0) is 122 Å². The Kier molecular flexibility index (Phi) is 50.1. The molecule has 3 unspecified atom stereocenters. The van der Waals surface area contributed by atoms with Gasteiger partial charge in [0.2, 0.25) is 5.91 Å².